The number of nitrogens with zero attached hydrogens (tertiary/aromatic N) is 2. The van der Waals surface area contributed by atoms with E-state index in [4.69, 9.17) is 4.74 Å². The van der Waals surface area contributed by atoms with Crippen LogP contribution in [0.25, 0.3) is 10.9 Å². The Morgan fingerprint density at radius 3 is 2.65 bits per heavy atom. The van der Waals surface area contributed by atoms with E-state index >= 15 is 0 Å². The van der Waals surface area contributed by atoms with Gasteiger partial charge >= 0.3 is 6.09 Å². The van der Waals surface area contributed by atoms with E-state index in [1.165, 1.54) is 4.68 Å². The summed E-state index contributed by atoms with van der Waals surface area (Å²) in [5, 5.41) is 6.19. The average Bonchev–Trinajstić information content (AvgIpc) is 2.74. The van der Waals surface area contributed by atoms with Gasteiger partial charge in [-0.15, -0.1) is 0 Å². The van der Waals surface area contributed by atoms with E-state index in [0.717, 1.165) is 33.9 Å². The fraction of sp³-hybridized carbons (Fsp3) is 0.467. The van der Waals surface area contributed by atoms with Crippen LogP contribution in [0.2, 0.25) is 0 Å². The number of hydrogen-bond acceptors (Lipinski definition) is 3. The zero-order valence-electron chi connectivity index (χ0n) is 12.2. The van der Waals surface area contributed by atoms with Crippen LogP contribution in [0.1, 0.15) is 39.0 Å². The first-order valence-electron chi connectivity index (χ1n) is 6.65. The van der Waals surface area contributed by atoms with Gasteiger partial charge in [-0.25, -0.2) is 4.79 Å². The molecule has 0 N–H and O–H groups in total. The second-order valence-corrected chi connectivity index (χ2v) is 6.24. The van der Waals surface area contributed by atoms with Crippen molar-refractivity contribution in [1.29, 1.82) is 0 Å². The molecule has 1 aromatic heterocycles. The molecule has 0 bridgehead atoms. The number of rotatable bonds is 2. The first-order valence-corrected chi connectivity index (χ1v) is 7.77. The molecule has 108 valence electrons. The molecule has 20 heavy (non-hydrogen) atoms. The minimum atomic E-state index is -0.530. The van der Waals surface area contributed by atoms with Gasteiger partial charge in [-0.05, 0) is 44.9 Å². The third kappa shape index (κ3) is 3.03. The highest BCUT2D eigenvalue weighted by atomic mass is 79.9. The number of aryl methyl sites for hydroxylation is 1. The molecule has 1 aromatic carbocycles. The maximum Gasteiger partial charge on any atom is 0.435 e. The van der Waals surface area contributed by atoms with Crippen molar-refractivity contribution in [2.24, 2.45) is 0 Å². The van der Waals surface area contributed by atoms with Gasteiger partial charge in [-0.3, -0.25) is 0 Å². The lowest BCUT2D eigenvalue weighted by molar-refractivity contribution is 0.0522. The number of carbonyl (C=O) groups is 1. The van der Waals surface area contributed by atoms with Gasteiger partial charge in [0, 0.05) is 10.7 Å². The van der Waals surface area contributed by atoms with Gasteiger partial charge in [-0.1, -0.05) is 28.9 Å². The molecule has 0 fully saturated rings. The van der Waals surface area contributed by atoms with Crippen molar-refractivity contribution in [2.75, 3.05) is 0 Å². The topological polar surface area (TPSA) is 44.1 Å². The van der Waals surface area contributed by atoms with Gasteiger partial charge < -0.3 is 4.74 Å². The summed E-state index contributed by atoms with van der Waals surface area (Å²) in [7, 11) is 0. The predicted octanol–water partition coefficient (Wildman–Crippen LogP) is 4.28. The van der Waals surface area contributed by atoms with Crippen molar-refractivity contribution in [2.45, 2.75) is 45.0 Å². The van der Waals surface area contributed by atoms with Crippen LogP contribution >= 0.6 is 15.9 Å². The Morgan fingerprint density at radius 2 is 2.10 bits per heavy atom. The fourth-order valence-corrected chi connectivity index (χ4v) is 2.36. The molecule has 2 aromatic rings. The minimum absolute atomic E-state index is 0.436. The number of aromatic nitrogens is 2. The van der Waals surface area contributed by atoms with E-state index in [0.29, 0.717) is 0 Å². The largest absolute Gasteiger partial charge is 0.442 e. The van der Waals surface area contributed by atoms with E-state index in [1.807, 2.05) is 39.8 Å². The number of carbonyl (C=O) groups excluding carboxylic acids is 1. The summed E-state index contributed by atoms with van der Waals surface area (Å²) < 4.78 is 6.76. The van der Waals surface area contributed by atoms with Crippen LogP contribution in [-0.4, -0.2) is 21.5 Å². The van der Waals surface area contributed by atoms with Crippen LogP contribution in [0.5, 0.6) is 0 Å². The Balaban J connectivity index is 2.52. The van der Waals surface area contributed by atoms with E-state index in [-0.39, 0.29) is 0 Å². The zero-order valence-corrected chi connectivity index (χ0v) is 13.8. The molecule has 1 heterocycles. The lowest BCUT2D eigenvalue weighted by Gasteiger charge is -2.19. The summed E-state index contributed by atoms with van der Waals surface area (Å²) >= 11 is 3.45. The molecule has 0 saturated heterocycles. The summed E-state index contributed by atoms with van der Waals surface area (Å²) in [6.07, 6.45) is 0.340. The van der Waals surface area contributed by atoms with Gasteiger partial charge in [0.2, 0.25) is 0 Å². The Bertz CT molecular complexity index is 641. The highest BCUT2D eigenvalue weighted by Gasteiger charge is 2.21. The van der Waals surface area contributed by atoms with Crippen molar-refractivity contribution in [3.8, 4) is 0 Å². The SMILES string of the molecule is CCc1nn(C(=O)OC(C)(C)C)c2ccc(CBr)cc12. The number of ether oxygens (including phenoxy) is 1. The van der Waals surface area contributed by atoms with Crippen LogP contribution in [0.3, 0.4) is 0 Å². The lowest BCUT2D eigenvalue weighted by atomic mass is 10.1. The van der Waals surface area contributed by atoms with Crippen molar-refractivity contribution in [3.63, 3.8) is 0 Å². The lowest BCUT2D eigenvalue weighted by Crippen LogP contribution is -2.27. The Hall–Kier alpha value is -1.36. The first kappa shape index (κ1) is 15.0. The molecule has 0 spiro atoms. The summed E-state index contributed by atoms with van der Waals surface area (Å²) in [6.45, 7) is 7.57. The molecule has 0 aliphatic rings. The third-order valence-electron chi connectivity index (χ3n) is 2.88. The predicted molar refractivity (Wildman–Crippen MR) is 83.4 cm³/mol. The molecule has 0 radical (unpaired) electrons. The van der Waals surface area contributed by atoms with Crippen LogP contribution in [0, 0.1) is 0 Å². The van der Waals surface area contributed by atoms with Crippen LogP contribution < -0.4 is 0 Å². The smallest absolute Gasteiger partial charge is 0.435 e. The summed E-state index contributed by atoms with van der Waals surface area (Å²) in [5.41, 5.74) is 2.34. The van der Waals surface area contributed by atoms with Gasteiger partial charge in [-0.2, -0.15) is 9.78 Å². The molecular formula is C15H19BrN2O2. The van der Waals surface area contributed by atoms with Gasteiger partial charge in [0.05, 0.1) is 11.2 Å². The Labute approximate surface area is 127 Å². The van der Waals surface area contributed by atoms with E-state index in [9.17, 15) is 4.79 Å². The second-order valence-electron chi connectivity index (χ2n) is 5.68. The fourth-order valence-electron chi connectivity index (χ4n) is 2.02. The maximum absolute atomic E-state index is 12.2. The van der Waals surface area contributed by atoms with Gasteiger partial charge in [0.1, 0.15) is 5.60 Å². The monoisotopic (exact) mass is 338 g/mol. The standard InChI is InChI=1S/C15H19BrN2O2/c1-5-12-11-8-10(9-16)6-7-13(11)18(17-12)14(19)20-15(2,3)4/h6-8H,5,9H2,1-4H3. The third-order valence-corrected chi connectivity index (χ3v) is 3.52. The Kier molecular flexibility index (Phi) is 4.18. The molecule has 0 atom stereocenters. The molecular weight excluding hydrogens is 320 g/mol. The summed E-state index contributed by atoms with van der Waals surface area (Å²) in [4.78, 5) is 12.2. The number of hydrogen-bond donors (Lipinski definition) is 0. The molecule has 2 rings (SSSR count). The average molecular weight is 339 g/mol. The normalized spacial score (nSPS) is 11.8. The van der Waals surface area contributed by atoms with Gasteiger partial charge in [0.15, 0.2) is 0 Å². The first-order chi connectivity index (χ1) is 9.35. The van der Waals surface area contributed by atoms with E-state index < -0.39 is 11.7 Å². The molecule has 0 saturated carbocycles. The van der Waals surface area contributed by atoms with Crippen LogP contribution in [-0.2, 0) is 16.5 Å². The molecule has 4 nitrogen and oxygen atoms in total. The van der Waals surface area contributed by atoms with Crippen LogP contribution in [0.15, 0.2) is 18.2 Å². The van der Waals surface area contributed by atoms with Crippen molar-refractivity contribution < 1.29 is 9.53 Å². The quantitative estimate of drug-likeness (QED) is 0.767. The number of benzene rings is 1. The molecule has 0 unspecified atom stereocenters. The maximum atomic E-state index is 12.2. The zero-order chi connectivity index (χ0) is 14.9. The highest BCUT2D eigenvalue weighted by Crippen LogP contribution is 2.23. The van der Waals surface area contributed by atoms with Crippen molar-refractivity contribution >= 4 is 32.9 Å². The summed E-state index contributed by atoms with van der Waals surface area (Å²) in [5.74, 6) is 0. The second kappa shape index (κ2) is 5.56. The highest BCUT2D eigenvalue weighted by molar-refractivity contribution is 9.08. The minimum Gasteiger partial charge on any atom is -0.442 e. The van der Waals surface area contributed by atoms with E-state index in [1.54, 1.807) is 0 Å². The molecule has 5 heteroatoms. The van der Waals surface area contributed by atoms with E-state index in [2.05, 4.69) is 27.1 Å². The Morgan fingerprint density at radius 1 is 1.40 bits per heavy atom. The summed E-state index contributed by atoms with van der Waals surface area (Å²) in [6, 6.07) is 5.97. The molecule has 0 amide bonds. The number of fused-ring (bicyclic) bond motifs is 1. The molecule has 0 aliphatic carbocycles. The van der Waals surface area contributed by atoms with Crippen LogP contribution in [0.4, 0.5) is 4.79 Å². The number of alkyl halides is 1. The number of halogens is 1. The molecule has 0 aliphatic heterocycles. The van der Waals surface area contributed by atoms with Gasteiger partial charge in [0.25, 0.3) is 0 Å². The van der Waals surface area contributed by atoms with Crippen molar-refractivity contribution in [1.82, 2.24) is 9.78 Å². The van der Waals surface area contributed by atoms with Crippen molar-refractivity contribution in [3.05, 3.63) is 29.5 Å².